The van der Waals surface area contributed by atoms with E-state index in [0.717, 1.165) is 51.3 Å². The van der Waals surface area contributed by atoms with E-state index >= 15 is 0 Å². The molecule has 5 rings (SSSR count). The van der Waals surface area contributed by atoms with Crippen LogP contribution in [0.1, 0.15) is 50.1 Å². The van der Waals surface area contributed by atoms with Gasteiger partial charge in [-0.2, -0.15) is 13.2 Å². The predicted octanol–water partition coefficient (Wildman–Crippen LogP) is 4.08. The van der Waals surface area contributed by atoms with Gasteiger partial charge in [0.2, 0.25) is 5.95 Å². The van der Waals surface area contributed by atoms with Crippen molar-refractivity contribution in [1.82, 2.24) is 24.8 Å². The van der Waals surface area contributed by atoms with Crippen LogP contribution in [0.15, 0.2) is 29.5 Å². The highest BCUT2D eigenvalue weighted by atomic mass is 19.4. The normalized spacial score (nSPS) is 20.2. The number of hydrogen-bond acceptors (Lipinski definition) is 5. The monoisotopic (exact) mass is 446 g/mol. The summed E-state index contributed by atoms with van der Waals surface area (Å²) in [5, 5.41) is 6.82. The molecule has 0 radical (unpaired) electrons. The molecule has 0 spiro atoms. The van der Waals surface area contributed by atoms with Gasteiger partial charge in [0.25, 0.3) is 5.56 Å². The van der Waals surface area contributed by atoms with Crippen molar-refractivity contribution < 1.29 is 13.2 Å². The first-order valence-corrected chi connectivity index (χ1v) is 11.1. The molecule has 3 aromatic rings. The Balaban J connectivity index is 1.58. The Hall–Kier alpha value is -2.88. The molecule has 2 aliphatic rings. The molecule has 3 aromatic heterocycles. The molecule has 0 unspecified atom stereocenters. The SMILES string of the molecule is O=c1c2[nH]cc(-c3nc(N[C@H]4CCCNC4)ncc3C(F)(F)F)c2ccn1C1CCCC1. The summed E-state index contributed by atoms with van der Waals surface area (Å²) in [5.41, 5.74) is -0.828. The van der Waals surface area contributed by atoms with Crippen molar-refractivity contribution in [2.24, 2.45) is 0 Å². The first kappa shape index (κ1) is 21.0. The Morgan fingerprint density at radius 2 is 1.97 bits per heavy atom. The van der Waals surface area contributed by atoms with Gasteiger partial charge in [-0.3, -0.25) is 4.79 Å². The van der Waals surface area contributed by atoms with Crippen LogP contribution in [-0.2, 0) is 6.18 Å². The van der Waals surface area contributed by atoms with Crippen LogP contribution in [0.2, 0.25) is 0 Å². The molecule has 32 heavy (non-hydrogen) atoms. The van der Waals surface area contributed by atoms with Gasteiger partial charge >= 0.3 is 6.18 Å². The maximum absolute atomic E-state index is 13.8. The molecule has 2 fully saturated rings. The highest BCUT2D eigenvalue weighted by Gasteiger charge is 2.36. The Labute approximate surface area is 182 Å². The third-order valence-electron chi connectivity index (χ3n) is 6.47. The van der Waals surface area contributed by atoms with Crippen molar-refractivity contribution in [1.29, 1.82) is 0 Å². The number of aromatic nitrogens is 4. The Bertz CT molecular complexity index is 1170. The second-order valence-corrected chi connectivity index (χ2v) is 8.60. The molecule has 4 heterocycles. The summed E-state index contributed by atoms with van der Waals surface area (Å²) in [6.07, 6.45) is 5.22. The van der Waals surface area contributed by atoms with Gasteiger partial charge in [0.05, 0.1) is 5.69 Å². The second-order valence-electron chi connectivity index (χ2n) is 8.60. The average molecular weight is 446 g/mol. The van der Waals surface area contributed by atoms with E-state index in [0.29, 0.717) is 17.4 Å². The quantitative estimate of drug-likeness (QED) is 0.562. The fraction of sp³-hybridized carbons (Fsp3) is 0.500. The third-order valence-corrected chi connectivity index (χ3v) is 6.47. The van der Waals surface area contributed by atoms with Crippen molar-refractivity contribution in [3.05, 3.63) is 40.6 Å². The standard InChI is InChI=1S/C22H25F3N6O/c23-22(24,25)17-12-28-21(29-13-4-3-8-26-10-13)30-18(17)16-11-27-19-15(16)7-9-31(20(19)32)14-5-1-2-6-14/h7,9,11-14,26-27H,1-6,8,10H2,(H,28,29,30)/t13-/m0/s1. The van der Waals surface area contributed by atoms with Crippen molar-refractivity contribution in [3.8, 4) is 11.3 Å². The lowest BCUT2D eigenvalue weighted by Gasteiger charge is -2.24. The lowest BCUT2D eigenvalue weighted by Crippen LogP contribution is -2.38. The number of H-pyrrole nitrogens is 1. The number of aromatic amines is 1. The summed E-state index contributed by atoms with van der Waals surface area (Å²) >= 11 is 0. The number of nitrogens with one attached hydrogen (secondary N) is 3. The zero-order valence-corrected chi connectivity index (χ0v) is 17.5. The molecule has 3 N–H and O–H groups in total. The summed E-state index contributed by atoms with van der Waals surface area (Å²) < 4.78 is 43.1. The highest BCUT2D eigenvalue weighted by molar-refractivity contribution is 5.95. The van der Waals surface area contributed by atoms with Gasteiger partial charge < -0.3 is 20.2 Å². The van der Waals surface area contributed by atoms with Gasteiger partial charge in [0, 0.05) is 48.2 Å². The second kappa shape index (κ2) is 8.23. The van der Waals surface area contributed by atoms with Gasteiger partial charge in [0.15, 0.2) is 0 Å². The minimum Gasteiger partial charge on any atom is -0.356 e. The van der Waals surface area contributed by atoms with Crippen LogP contribution in [0.25, 0.3) is 22.2 Å². The number of pyridine rings is 1. The first-order chi connectivity index (χ1) is 15.4. The van der Waals surface area contributed by atoms with Crippen molar-refractivity contribution >= 4 is 16.9 Å². The van der Waals surface area contributed by atoms with Gasteiger partial charge in [0.1, 0.15) is 11.1 Å². The highest BCUT2D eigenvalue weighted by Crippen LogP contribution is 2.38. The predicted molar refractivity (Wildman–Crippen MR) is 116 cm³/mol. The van der Waals surface area contributed by atoms with E-state index in [1.54, 1.807) is 16.8 Å². The summed E-state index contributed by atoms with van der Waals surface area (Å²) in [5.74, 6) is 0.148. The molecule has 10 heteroatoms. The Morgan fingerprint density at radius 3 is 2.69 bits per heavy atom. The molecule has 0 bridgehead atoms. The Kier molecular flexibility index (Phi) is 5.40. The molecule has 1 saturated heterocycles. The molecule has 0 amide bonds. The van der Waals surface area contributed by atoms with Crippen LogP contribution >= 0.6 is 0 Å². The van der Waals surface area contributed by atoms with Crippen molar-refractivity contribution in [3.63, 3.8) is 0 Å². The molecular weight excluding hydrogens is 421 g/mol. The van der Waals surface area contributed by atoms with Crippen molar-refractivity contribution in [2.45, 2.75) is 56.8 Å². The number of halogens is 3. The largest absolute Gasteiger partial charge is 0.419 e. The summed E-state index contributed by atoms with van der Waals surface area (Å²) in [7, 11) is 0. The lowest BCUT2D eigenvalue weighted by molar-refractivity contribution is -0.137. The topological polar surface area (TPSA) is 87.6 Å². The number of nitrogens with zero attached hydrogens (tertiary/aromatic N) is 3. The minimum atomic E-state index is -4.62. The van der Waals surface area contributed by atoms with Crippen LogP contribution in [0.5, 0.6) is 0 Å². The average Bonchev–Trinajstić information content (AvgIpc) is 3.44. The number of fused-ring (bicyclic) bond motifs is 1. The number of alkyl halides is 3. The summed E-state index contributed by atoms with van der Waals surface area (Å²) in [4.78, 5) is 24.1. The lowest BCUT2D eigenvalue weighted by atomic mass is 10.1. The zero-order chi connectivity index (χ0) is 22.3. The van der Waals surface area contributed by atoms with E-state index in [1.165, 1.54) is 6.20 Å². The fourth-order valence-electron chi connectivity index (χ4n) is 4.82. The van der Waals surface area contributed by atoms with Crippen LogP contribution in [-0.4, -0.2) is 38.7 Å². The Morgan fingerprint density at radius 1 is 1.16 bits per heavy atom. The van der Waals surface area contributed by atoms with Crippen LogP contribution in [0.4, 0.5) is 19.1 Å². The molecule has 1 aliphatic carbocycles. The number of anilines is 1. The van der Waals surface area contributed by atoms with Crippen molar-refractivity contribution in [2.75, 3.05) is 18.4 Å². The minimum absolute atomic E-state index is 0.0509. The van der Waals surface area contributed by atoms with Gasteiger partial charge in [-0.25, -0.2) is 9.97 Å². The van der Waals surface area contributed by atoms with Crippen LogP contribution in [0, 0.1) is 0 Å². The van der Waals surface area contributed by atoms with E-state index in [9.17, 15) is 18.0 Å². The number of rotatable bonds is 4. The van der Waals surface area contributed by atoms with Gasteiger partial charge in [-0.15, -0.1) is 0 Å². The van der Waals surface area contributed by atoms with E-state index < -0.39 is 11.7 Å². The molecular formula is C22H25F3N6O. The first-order valence-electron chi connectivity index (χ1n) is 11.1. The number of hydrogen-bond donors (Lipinski definition) is 3. The van der Waals surface area contributed by atoms with E-state index in [4.69, 9.17) is 0 Å². The van der Waals surface area contributed by atoms with Crippen LogP contribution < -0.4 is 16.2 Å². The fourth-order valence-corrected chi connectivity index (χ4v) is 4.82. The molecule has 1 saturated carbocycles. The van der Waals surface area contributed by atoms with E-state index in [2.05, 4.69) is 25.6 Å². The molecule has 170 valence electrons. The van der Waals surface area contributed by atoms with Gasteiger partial charge in [-0.1, -0.05) is 12.8 Å². The number of piperidine rings is 1. The summed E-state index contributed by atoms with van der Waals surface area (Å²) in [6, 6.07) is 1.90. The van der Waals surface area contributed by atoms with E-state index in [-0.39, 0.29) is 34.8 Å². The van der Waals surface area contributed by atoms with Crippen LogP contribution in [0.3, 0.4) is 0 Å². The molecule has 0 aromatic carbocycles. The maximum Gasteiger partial charge on any atom is 0.419 e. The molecule has 7 nitrogen and oxygen atoms in total. The molecule has 1 atom stereocenters. The van der Waals surface area contributed by atoms with Gasteiger partial charge in [-0.05, 0) is 38.3 Å². The smallest absolute Gasteiger partial charge is 0.356 e. The van der Waals surface area contributed by atoms with E-state index in [1.807, 2.05) is 0 Å². The summed E-state index contributed by atoms with van der Waals surface area (Å²) in [6.45, 7) is 1.62. The third kappa shape index (κ3) is 3.87. The molecule has 1 aliphatic heterocycles. The maximum atomic E-state index is 13.8. The zero-order valence-electron chi connectivity index (χ0n) is 17.5.